The molecule has 0 saturated carbocycles. The predicted octanol–water partition coefficient (Wildman–Crippen LogP) is 3.47. The number of nitrogens with one attached hydrogen (secondary N) is 2. The summed E-state index contributed by atoms with van der Waals surface area (Å²) in [5.74, 6) is -0.436. The van der Waals surface area contributed by atoms with Crippen molar-refractivity contribution in [1.29, 1.82) is 0 Å². The van der Waals surface area contributed by atoms with E-state index in [0.29, 0.717) is 16.0 Å². The van der Waals surface area contributed by atoms with Crippen LogP contribution in [0, 0.1) is 13.8 Å². The number of ether oxygens (including phenoxy) is 1. The number of nitrogens with zero attached hydrogens (tertiary/aromatic N) is 1. The maximum Gasteiger partial charge on any atom is 0.308 e. The highest BCUT2D eigenvalue weighted by Gasteiger charge is 2.22. The molecule has 2 aromatic heterocycles. The zero-order valence-electron chi connectivity index (χ0n) is 16.7. The van der Waals surface area contributed by atoms with Crippen molar-refractivity contribution in [3.05, 3.63) is 62.5 Å². The number of amides is 1. The van der Waals surface area contributed by atoms with Gasteiger partial charge in [-0.05, 0) is 31.9 Å². The number of carbonyl (C=O) groups excluding carboxylic acids is 2. The lowest BCUT2D eigenvalue weighted by Gasteiger charge is -2.19. The van der Waals surface area contributed by atoms with Gasteiger partial charge in [0.25, 0.3) is 5.56 Å². The van der Waals surface area contributed by atoms with Crippen LogP contribution in [-0.4, -0.2) is 21.8 Å². The van der Waals surface area contributed by atoms with Gasteiger partial charge >= 0.3 is 5.97 Å². The first kappa shape index (κ1) is 20.7. The van der Waals surface area contributed by atoms with E-state index in [1.807, 2.05) is 44.2 Å². The molecule has 0 fully saturated rings. The largest absolute Gasteiger partial charge is 0.454 e. The van der Waals surface area contributed by atoms with Gasteiger partial charge in [0.1, 0.15) is 4.83 Å². The second-order valence-electron chi connectivity index (χ2n) is 6.91. The molecule has 0 unspecified atom stereocenters. The summed E-state index contributed by atoms with van der Waals surface area (Å²) < 4.78 is 5.49. The van der Waals surface area contributed by atoms with E-state index < -0.39 is 18.1 Å². The van der Waals surface area contributed by atoms with Gasteiger partial charge in [0.2, 0.25) is 5.91 Å². The SMILES string of the molecule is CC(=O)N[C@H](CC(=O)O[C@H](C)c1nc2sc(C)c(C)c2c(=O)[nH]1)c1ccccc1. The van der Waals surface area contributed by atoms with Crippen molar-refractivity contribution in [2.45, 2.75) is 46.3 Å². The molecule has 0 radical (unpaired) electrons. The number of esters is 1. The topological polar surface area (TPSA) is 101 Å². The van der Waals surface area contributed by atoms with Crippen LogP contribution in [0.15, 0.2) is 35.1 Å². The molecule has 0 aliphatic heterocycles. The van der Waals surface area contributed by atoms with Gasteiger partial charge in [-0.1, -0.05) is 30.3 Å². The first-order valence-electron chi connectivity index (χ1n) is 9.27. The summed E-state index contributed by atoms with van der Waals surface area (Å²) >= 11 is 1.44. The molecule has 2 atom stereocenters. The number of aromatic amines is 1. The molecule has 3 rings (SSSR count). The molecular formula is C21H23N3O4S. The number of hydrogen-bond acceptors (Lipinski definition) is 6. The quantitative estimate of drug-likeness (QED) is 0.603. The summed E-state index contributed by atoms with van der Waals surface area (Å²) in [5, 5.41) is 3.34. The molecule has 8 heteroatoms. The second-order valence-corrected chi connectivity index (χ2v) is 8.12. The number of hydrogen-bond donors (Lipinski definition) is 2. The third kappa shape index (κ3) is 4.71. The third-order valence-corrected chi connectivity index (χ3v) is 5.80. The van der Waals surface area contributed by atoms with Gasteiger partial charge < -0.3 is 15.0 Å². The average molecular weight is 413 g/mol. The Labute approximate surface area is 172 Å². The van der Waals surface area contributed by atoms with Crippen molar-refractivity contribution in [1.82, 2.24) is 15.3 Å². The van der Waals surface area contributed by atoms with E-state index in [1.54, 1.807) is 6.92 Å². The van der Waals surface area contributed by atoms with Gasteiger partial charge in [0.05, 0.1) is 17.8 Å². The van der Waals surface area contributed by atoms with Crippen molar-refractivity contribution in [2.75, 3.05) is 0 Å². The first-order valence-corrected chi connectivity index (χ1v) is 10.1. The number of aryl methyl sites for hydroxylation is 2. The van der Waals surface area contributed by atoms with E-state index in [4.69, 9.17) is 4.74 Å². The lowest BCUT2D eigenvalue weighted by atomic mass is 10.0. The third-order valence-electron chi connectivity index (χ3n) is 4.70. The number of thiophene rings is 1. The fourth-order valence-corrected chi connectivity index (χ4v) is 4.15. The minimum atomic E-state index is -0.726. The fraction of sp³-hybridized carbons (Fsp3) is 0.333. The Bertz CT molecular complexity index is 1100. The molecule has 2 N–H and O–H groups in total. The fourth-order valence-electron chi connectivity index (χ4n) is 3.11. The average Bonchev–Trinajstić information content (AvgIpc) is 2.95. The molecule has 0 aliphatic rings. The number of benzene rings is 1. The summed E-state index contributed by atoms with van der Waals surface area (Å²) in [6.07, 6.45) is -0.756. The van der Waals surface area contributed by atoms with E-state index in [2.05, 4.69) is 15.3 Å². The zero-order chi connectivity index (χ0) is 21.1. The Morgan fingerprint density at radius 2 is 1.93 bits per heavy atom. The van der Waals surface area contributed by atoms with Crippen LogP contribution >= 0.6 is 11.3 Å². The Hall–Kier alpha value is -3.00. The van der Waals surface area contributed by atoms with Crippen LogP contribution in [0.3, 0.4) is 0 Å². The van der Waals surface area contributed by atoms with Crippen LogP contribution in [-0.2, 0) is 14.3 Å². The summed E-state index contributed by atoms with van der Waals surface area (Å²) in [6, 6.07) is 8.73. The van der Waals surface area contributed by atoms with Gasteiger partial charge in [-0.2, -0.15) is 0 Å². The number of aromatic nitrogens is 2. The molecule has 0 spiro atoms. The molecule has 1 aromatic carbocycles. The van der Waals surface area contributed by atoms with Gasteiger partial charge in [0, 0.05) is 11.8 Å². The Balaban J connectivity index is 1.76. The molecule has 29 heavy (non-hydrogen) atoms. The van der Waals surface area contributed by atoms with E-state index >= 15 is 0 Å². The van der Waals surface area contributed by atoms with Crippen LogP contribution in [0.1, 0.15) is 54.2 Å². The predicted molar refractivity (Wildman–Crippen MR) is 112 cm³/mol. The highest BCUT2D eigenvalue weighted by Crippen LogP contribution is 2.27. The summed E-state index contributed by atoms with van der Waals surface area (Å²) in [7, 11) is 0. The number of rotatable bonds is 6. The van der Waals surface area contributed by atoms with Crippen molar-refractivity contribution in [3.63, 3.8) is 0 Å². The van der Waals surface area contributed by atoms with Crippen molar-refractivity contribution < 1.29 is 14.3 Å². The van der Waals surface area contributed by atoms with Crippen LogP contribution in [0.5, 0.6) is 0 Å². The summed E-state index contributed by atoms with van der Waals surface area (Å²) in [6.45, 7) is 6.89. The van der Waals surface area contributed by atoms with Crippen molar-refractivity contribution >= 4 is 33.4 Å². The van der Waals surface area contributed by atoms with Gasteiger partial charge in [-0.25, -0.2) is 4.98 Å². The maximum atomic E-state index is 12.5. The summed E-state index contributed by atoms with van der Waals surface area (Å²) in [4.78, 5) is 45.3. The minimum Gasteiger partial charge on any atom is -0.454 e. The Morgan fingerprint density at radius 3 is 2.59 bits per heavy atom. The smallest absolute Gasteiger partial charge is 0.308 e. The first-order chi connectivity index (χ1) is 13.8. The lowest BCUT2D eigenvalue weighted by molar-refractivity contribution is -0.149. The van der Waals surface area contributed by atoms with E-state index in [9.17, 15) is 14.4 Å². The zero-order valence-corrected chi connectivity index (χ0v) is 17.6. The Kier molecular flexibility index (Phi) is 6.12. The number of H-pyrrole nitrogens is 1. The Morgan fingerprint density at radius 1 is 1.24 bits per heavy atom. The highest BCUT2D eigenvalue weighted by molar-refractivity contribution is 7.18. The molecule has 152 valence electrons. The van der Waals surface area contributed by atoms with Gasteiger partial charge in [0.15, 0.2) is 11.9 Å². The highest BCUT2D eigenvalue weighted by atomic mass is 32.1. The normalized spacial score (nSPS) is 13.1. The van der Waals surface area contributed by atoms with E-state index in [0.717, 1.165) is 16.0 Å². The van der Waals surface area contributed by atoms with Crippen molar-refractivity contribution in [2.24, 2.45) is 0 Å². The van der Waals surface area contributed by atoms with E-state index in [-0.39, 0.29) is 17.9 Å². The van der Waals surface area contributed by atoms with E-state index in [1.165, 1.54) is 18.3 Å². The molecule has 0 saturated heterocycles. The molecule has 7 nitrogen and oxygen atoms in total. The monoisotopic (exact) mass is 413 g/mol. The van der Waals surface area contributed by atoms with Gasteiger partial charge in [-0.3, -0.25) is 14.4 Å². The van der Waals surface area contributed by atoms with Gasteiger partial charge in [-0.15, -0.1) is 11.3 Å². The van der Waals surface area contributed by atoms with Crippen LogP contribution in [0.4, 0.5) is 0 Å². The van der Waals surface area contributed by atoms with Crippen molar-refractivity contribution in [3.8, 4) is 0 Å². The second kappa shape index (κ2) is 8.57. The van der Waals surface area contributed by atoms with Crippen LogP contribution in [0.25, 0.3) is 10.2 Å². The lowest BCUT2D eigenvalue weighted by Crippen LogP contribution is -2.29. The molecule has 1 amide bonds. The van der Waals surface area contributed by atoms with Crippen LogP contribution in [0.2, 0.25) is 0 Å². The molecule has 0 bridgehead atoms. The molecule has 2 heterocycles. The van der Waals surface area contributed by atoms with Crippen LogP contribution < -0.4 is 10.9 Å². The maximum absolute atomic E-state index is 12.5. The number of fused-ring (bicyclic) bond motifs is 1. The standard InChI is InChI=1S/C21H23N3O4S/c1-11-13(3)29-21-18(11)20(27)23-19(24-21)12(2)28-17(26)10-16(22-14(4)25)15-8-6-5-7-9-15/h5-9,12,16H,10H2,1-4H3,(H,22,25)(H,23,24,27)/t12-,16-/m1/s1. The molecule has 0 aliphatic carbocycles. The molecular weight excluding hydrogens is 390 g/mol. The molecule has 3 aromatic rings. The summed E-state index contributed by atoms with van der Waals surface area (Å²) in [5.41, 5.74) is 1.48. The number of carbonyl (C=O) groups is 2. The minimum absolute atomic E-state index is 0.0301.